The number of alkyl carbamates (subject to hydrolysis) is 1. The fourth-order valence-electron chi connectivity index (χ4n) is 2.90. The van der Waals surface area contributed by atoms with Gasteiger partial charge in [-0.05, 0) is 67.4 Å². The van der Waals surface area contributed by atoms with E-state index in [1.165, 1.54) is 0 Å². The summed E-state index contributed by atoms with van der Waals surface area (Å²) in [4.78, 5) is 11.7. The number of benzene rings is 3. The normalized spacial score (nSPS) is 11.3. The first kappa shape index (κ1) is 24.0. The average molecular weight is 450 g/mol. The van der Waals surface area contributed by atoms with Crippen LogP contribution in [0.15, 0.2) is 78.9 Å². The number of hydrogen-bond donors (Lipinski definition) is 1. The van der Waals surface area contributed by atoms with Gasteiger partial charge in [0.1, 0.15) is 36.2 Å². The number of ether oxygens (including phenoxy) is 4. The van der Waals surface area contributed by atoms with E-state index in [0.29, 0.717) is 31.3 Å². The molecule has 0 aromatic heterocycles. The van der Waals surface area contributed by atoms with Gasteiger partial charge in [-0.15, -0.1) is 0 Å². The molecule has 6 nitrogen and oxygen atoms in total. The standard InChI is InChI=1S/C27H31NO5/c1-3-4-18-30-27(29)28-21(2)19-31-23-10-14-25(15-11-23)33-26-16-12-24(13-17-26)32-20-22-8-6-5-7-9-22/h5-17,21H,3-4,18-20H2,1-2H3,(H,28,29). The van der Waals surface area contributed by atoms with Gasteiger partial charge in [0.15, 0.2) is 0 Å². The first-order valence-electron chi connectivity index (χ1n) is 11.2. The van der Waals surface area contributed by atoms with E-state index in [1.54, 1.807) is 0 Å². The van der Waals surface area contributed by atoms with Gasteiger partial charge in [-0.2, -0.15) is 0 Å². The molecule has 1 atom stereocenters. The molecule has 0 heterocycles. The molecule has 0 bridgehead atoms. The Balaban J connectivity index is 1.40. The summed E-state index contributed by atoms with van der Waals surface area (Å²) in [6.45, 7) is 5.21. The highest BCUT2D eigenvalue weighted by Gasteiger charge is 2.09. The molecule has 0 saturated heterocycles. The fourth-order valence-corrected chi connectivity index (χ4v) is 2.90. The number of amides is 1. The highest BCUT2D eigenvalue weighted by atomic mass is 16.5. The molecule has 1 unspecified atom stereocenters. The van der Waals surface area contributed by atoms with Gasteiger partial charge in [0.05, 0.1) is 12.6 Å². The summed E-state index contributed by atoms with van der Waals surface area (Å²) in [5, 5.41) is 2.75. The van der Waals surface area contributed by atoms with Gasteiger partial charge < -0.3 is 24.3 Å². The minimum absolute atomic E-state index is 0.169. The van der Waals surface area contributed by atoms with Crippen molar-refractivity contribution in [3.63, 3.8) is 0 Å². The molecule has 3 aromatic carbocycles. The highest BCUT2D eigenvalue weighted by molar-refractivity contribution is 5.67. The quantitative estimate of drug-likeness (QED) is 0.326. The lowest BCUT2D eigenvalue weighted by Crippen LogP contribution is -2.37. The maximum absolute atomic E-state index is 11.7. The number of rotatable bonds is 12. The summed E-state index contributed by atoms with van der Waals surface area (Å²) in [6, 6.07) is 24.7. The molecule has 0 spiro atoms. The van der Waals surface area contributed by atoms with Crippen LogP contribution in [-0.2, 0) is 11.3 Å². The molecule has 0 saturated carbocycles. The van der Waals surface area contributed by atoms with Crippen LogP contribution >= 0.6 is 0 Å². The van der Waals surface area contributed by atoms with E-state index in [2.05, 4.69) is 5.32 Å². The van der Waals surface area contributed by atoms with Crippen molar-refractivity contribution >= 4 is 6.09 Å². The van der Waals surface area contributed by atoms with E-state index in [-0.39, 0.29) is 6.04 Å². The van der Waals surface area contributed by atoms with E-state index >= 15 is 0 Å². The molecular formula is C27H31NO5. The molecule has 0 radical (unpaired) electrons. The largest absolute Gasteiger partial charge is 0.491 e. The van der Waals surface area contributed by atoms with Gasteiger partial charge in [0, 0.05) is 0 Å². The molecular weight excluding hydrogens is 418 g/mol. The molecule has 0 aliphatic heterocycles. The topological polar surface area (TPSA) is 66.0 Å². The Kier molecular flexibility index (Phi) is 9.45. The average Bonchev–Trinajstić information content (AvgIpc) is 2.84. The highest BCUT2D eigenvalue weighted by Crippen LogP contribution is 2.26. The first-order valence-corrected chi connectivity index (χ1v) is 11.2. The third-order valence-corrected chi connectivity index (χ3v) is 4.73. The van der Waals surface area contributed by atoms with Crippen LogP contribution in [0.1, 0.15) is 32.3 Å². The number of hydrogen-bond acceptors (Lipinski definition) is 5. The van der Waals surface area contributed by atoms with E-state index in [4.69, 9.17) is 18.9 Å². The van der Waals surface area contributed by atoms with Crippen LogP contribution in [0.25, 0.3) is 0 Å². The zero-order chi connectivity index (χ0) is 23.3. The second kappa shape index (κ2) is 13.0. The minimum Gasteiger partial charge on any atom is -0.491 e. The summed E-state index contributed by atoms with van der Waals surface area (Å²) in [7, 11) is 0. The molecule has 1 amide bonds. The maximum atomic E-state index is 11.7. The minimum atomic E-state index is -0.417. The molecule has 3 aromatic rings. The molecule has 0 aliphatic rings. The van der Waals surface area contributed by atoms with Crippen LogP contribution in [-0.4, -0.2) is 25.3 Å². The van der Waals surface area contributed by atoms with E-state index in [9.17, 15) is 4.79 Å². The van der Waals surface area contributed by atoms with Crippen molar-refractivity contribution in [3.8, 4) is 23.0 Å². The van der Waals surface area contributed by atoms with Gasteiger partial charge in [-0.3, -0.25) is 0 Å². The summed E-state index contributed by atoms with van der Waals surface area (Å²) < 4.78 is 22.5. The lowest BCUT2D eigenvalue weighted by Gasteiger charge is -2.15. The van der Waals surface area contributed by atoms with Crippen molar-refractivity contribution in [3.05, 3.63) is 84.4 Å². The number of unbranched alkanes of at least 4 members (excludes halogenated alkanes) is 1. The van der Waals surface area contributed by atoms with Crippen LogP contribution in [0.4, 0.5) is 4.79 Å². The van der Waals surface area contributed by atoms with Gasteiger partial charge in [0.25, 0.3) is 0 Å². The Hall–Kier alpha value is -3.67. The third-order valence-electron chi connectivity index (χ3n) is 4.73. The van der Waals surface area contributed by atoms with E-state index in [1.807, 2.05) is 92.7 Å². The summed E-state index contributed by atoms with van der Waals surface area (Å²) >= 11 is 0. The van der Waals surface area contributed by atoms with Crippen molar-refractivity contribution in [2.45, 2.75) is 39.3 Å². The Morgan fingerprint density at radius 3 is 2.00 bits per heavy atom. The Labute approximate surface area is 195 Å². The van der Waals surface area contributed by atoms with E-state index < -0.39 is 6.09 Å². The Morgan fingerprint density at radius 2 is 1.39 bits per heavy atom. The third kappa shape index (κ3) is 8.77. The molecule has 174 valence electrons. The van der Waals surface area contributed by atoms with E-state index in [0.717, 1.165) is 29.9 Å². The number of nitrogens with one attached hydrogen (secondary N) is 1. The molecule has 3 rings (SSSR count). The Morgan fingerprint density at radius 1 is 0.818 bits per heavy atom. The smallest absolute Gasteiger partial charge is 0.407 e. The number of carbonyl (C=O) groups is 1. The number of carbonyl (C=O) groups excluding carboxylic acids is 1. The lowest BCUT2D eigenvalue weighted by molar-refractivity contribution is 0.137. The second-order valence-corrected chi connectivity index (χ2v) is 7.67. The summed E-state index contributed by atoms with van der Waals surface area (Å²) in [5.74, 6) is 2.90. The zero-order valence-corrected chi connectivity index (χ0v) is 19.2. The predicted molar refractivity (Wildman–Crippen MR) is 128 cm³/mol. The molecule has 6 heteroatoms. The zero-order valence-electron chi connectivity index (χ0n) is 19.2. The van der Waals surface area contributed by atoms with Crippen molar-refractivity contribution in [2.24, 2.45) is 0 Å². The Bertz CT molecular complexity index is 958. The van der Waals surface area contributed by atoms with Gasteiger partial charge >= 0.3 is 6.09 Å². The predicted octanol–water partition coefficient (Wildman–Crippen LogP) is 6.35. The monoisotopic (exact) mass is 449 g/mol. The van der Waals surface area contributed by atoms with Crippen molar-refractivity contribution in [2.75, 3.05) is 13.2 Å². The fraction of sp³-hybridized carbons (Fsp3) is 0.296. The van der Waals surface area contributed by atoms with Crippen molar-refractivity contribution in [1.29, 1.82) is 0 Å². The second-order valence-electron chi connectivity index (χ2n) is 7.67. The first-order chi connectivity index (χ1) is 16.1. The van der Waals surface area contributed by atoms with Gasteiger partial charge in [-0.1, -0.05) is 43.7 Å². The van der Waals surface area contributed by atoms with Crippen molar-refractivity contribution < 1.29 is 23.7 Å². The molecule has 1 N–H and O–H groups in total. The molecule has 0 fully saturated rings. The molecule has 0 aliphatic carbocycles. The van der Waals surface area contributed by atoms with Crippen LogP contribution in [0.5, 0.6) is 23.0 Å². The van der Waals surface area contributed by atoms with Crippen LogP contribution in [0, 0.1) is 0 Å². The van der Waals surface area contributed by atoms with Crippen LogP contribution < -0.4 is 19.5 Å². The van der Waals surface area contributed by atoms with Crippen LogP contribution in [0.3, 0.4) is 0 Å². The van der Waals surface area contributed by atoms with Crippen LogP contribution in [0.2, 0.25) is 0 Å². The lowest BCUT2D eigenvalue weighted by atomic mass is 10.2. The SMILES string of the molecule is CCCCOC(=O)NC(C)COc1ccc(Oc2ccc(OCc3ccccc3)cc2)cc1. The van der Waals surface area contributed by atoms with Gasteiger partial charge in [0.2, 0.25) is 0 Å². The van der Waals surface area contributed by atoms with Crippen molar-refractivity contribution in [1.82, 2.24) is 5.32 Å². The maximum Gasteiger partial charge on any atom is 0.407 e. The summed E-state index contributed by atoms with van der Waals surface area (Å²) in [5.41, 5.74) is 1.12. The summed E-state index contributed by atoms with van der Waals surface area (Å²) in [6.07, 6.45) is 1.43. The van der Waals surface area contributed by atoms with Gasteiger partial charge in [-0.25, -0.2) is 4.79 Å². The molecule has 33 heavy (non-hydrogen) atoms.